The van der Waals surface area contributed by atoms with Crippen LogP contribution in [0.25, 0.3) is 0 Å². The van der Waals surface area contributed by atoms with Crippen molar-refractivity contribution in [1.82, 2.24) is 0 Å². The van der Waals surface area contributed by atoms with Crippen molar-refractivity contribution in [2.75, 3.05) is 6.61 Å². The minimum atomic E-state index is -2.54. The van der Waals surface area contributed by atoms with Gasteiger partial charge in [0, 0.05) is 0 Å². The van der Waals surface area contributed by atoms with E-state index in [2.05, 4.69) is 20.7 Å². The molecular weight excluding hydrogens is 255 g/mol. The van der Waals surface area contributed by atoms with Gasteiger partial charge in [0.1, 0.15) is 6.10 Å². The second-order valence-corrected chi connectivity index (χ2v) is 5.27. The molecule has 0 bridgehead atoms. The molecule has 0 aliphatic carbocycles. The zero-order valence-corrected chi connectivity index (χ0v) is 10.4. The predicted octanol–water partition coefficient (Wildman–Crippen LogP) is 2.02. The maximum absolute atomic E-state index is 13.8. The van der Waals surface area contributed by atoms with Gasteiger partial charge in [-0.3, -0.25) is 0 Å². The quantitative estimate of drug-likeness (QED) is 0.631. The van der Waals surface area contributed by atoms with Crippen LogP contribution in [0.5, 0.6) is 0 Å². The van der Waals surface area contributed by atoms with Gasteiger partial charge in [-0.2, -0.15) is 0 Å². The van der Waals surface area contributed by atoms with Crippen molar-refractivity contribution in [3.05, 3.63) is 0 Å². The summed E-state index contributed by atoms with van der Waals surface area (Å²) in [5.41, 5.74) is -0.745. The van der Waals surface area contributed by atoms with Gasteiger partial charge in [-0.05, 0) is 28.3 Å². The maximum atomic E-state index is 13.8. The van der Waals surface area contributed by atoms with Crippen LogP contribution in [0.3, 0.4) is 0 Å². The summed E-state index contributed by atoms with van der Waals surface area (Å²) in [6, 6.07) is 0. The third-order valence-electron chi connectivity index (χ3n) is 1.71. The summed E-state index contributed by atoms with van der Waals surface area (Å²) in [7, 11) is 0. The van der Waals surface area contributed by atoms with Gasteiger partial charge in [-0.25, -0.2) is 9.18 Å². The maximum Gasteiger partial charge on any atom is 0.357 e. The molecular formula is C9H16BrFO3. The first kappa shape index (κ1) is 13.8. The van der Waals surface area contributed by atoms with Crippen LogP contribution >= 0.6 is 15.9 Å². The number of halogens is 2. The summed E-state index contributed by atoms with van der Waals surface area (Å²) in [6.45, 7) is 6.54. The molecule has 5 heteroatoms. The van der Waals surface area contributed by atoms with Gasteiger partial charge in [0.2, 0.25) is 0 Å². The average Bonchev–Trinajstić information content (AvgIpc) is 2.01. The smallest absolute Gasteiger partial charge is 0.357 e. The Morgan fingerprint density at radius 3 is 2.29 bits per heavy atom. The van der Waals surface area contributed by atoms with Gasteiger partial charge >= 0.3 is 5.97 Å². The van der Waals surface area contributed by atoms with Gasteiger partial charge in [0.15, 0.2) is 0 Å². The second-order valence-electron chi connectivity index (χ2n) is 4.11. The lowest BCUT2D eigenvalue weighted by Gasteiger charge is -2.32. The fourth-order valence-corrected chi connectivity index (χ4v) is 1.68. The summed E-state index contributed by atoms with van der Waals surface area (Å²) < 4.78 is 15.7. The summed E-state index contributed by atoms with van der Waals surface area (Å²) in [4.78, 5) is 11.1. The summed E-state index contributed by atoms with van der Waals surface area (Å²) >= 11 is 2.56. The molecule has 1 N–H and O–H groups in total. The van der Waals surface area contributed by atoms with Crippen LogP contribution in [0, 0.1) is 5.41 Å². The fourth-order valence-electron chi connectivity index (χ4n) is 0.883. The highest BCUT2D eigenvalue weighted by molar-refractivity contribution is 9.10. The Labute approximate surface area is 91.8 Å². The molecule has 0 radical (unpaired) electrons. The van der Waals surface area contributed by atoms with E-state index >= 15 is 0 Å². The van der Waals surface area contributed by atoms with Crippen molar-refractivity contribution in [2.45, 2.75) is 38.4 Å². The number of hydrogen-bond donors (Lipinski definition) is 1. The number of aliphatic hydroxyl groups is 1. The molecule has 0 heterocycles. The first-order valence-corrected chi connectivity index (χ1v) is 5.16. The molecule has 2 atom stereocenters. The summed E-state index contributed by atoms with van der Waals surface area (Å²) in [6.07, 6.45) is -1.46. The third kappa shape index (κ3) is 3.20. The number of hydrogen-bond acceptors (Lipinski definition) is 3. The van der Waals surface area contributed by atoms with E-state index in [1.165, 1.54) is 0 Å². The Morgan fingerprint density at radius 1 is 1.57 bits per heavy atom. The molecule has 14 heavy (non-hydrogen) atoms. The average molecular weight is 271 g/mol. The molecule has 84 valence electrons. The molecule has 0 saturated heterocycles. The van der Waals surface area contributed by atoms with Crippen molar-refractivity contribution in [3.8, 4) is 0 Å². The van der Waals surface area contributed by atoms with Crippen LogP contribution in [0.2, 0.25) is 0 Å². The molecule has 0 aromatic rings. The minimum absolute atomic E-state index is 0.0764. The van der Waals surface area contributed by atoms with Crippen LogP contribution in [0.4, 0.5) is 4.39 Å². The summed E-state index contributed by atoms with van der Waals surface area (Å²) in [5.74, 6) is -1.09. The molecule has 0 aliphatic rings. The molecule has 3 nitrogen and oxygen atoms in total. The first-order valence-electron chi connectivity index (χ1n) is 4.37. The van der Waals surface area contributed by atoms with E-state index < -0.39 is 22.1 Å². The fraction of sp³-hybridized carbons (Fsp3) is 0.889. The number of ether oxygens (including phenoxy) is 1. The molecule has 0 fully saturated rings. The third-order valence-corrected chi connectivity index (χ3v) is 2.47. The summed E-state index contributed by atoms with van der Waals surface area (Å²) in [5, 5.41) is 9.59. The molecule has 0 amide bonds. The molecule has 0 rings (SSSR count). The SMILES string of the molecule is CCOC(=O)C(F)(Br)C(O)C(C)(C)C. The van der Waals surface area contributed by atoms with E-state index in [1.54, 1.807) is 27.7 Å². The number of carbonyl (C=O) groups is 1. The number of aliphatic hydroxyl groups excluding tert-OH is 1. The number of esters is 1. The molecule has 2 unspecified atom stereocenters. The van der Waals surface area contributed by atoms with Gasteiger partial charge in [0.05, 0.1) is 6.61 Å². The van der Waals surface area contributed by atoms with Crippen LogP contribution in [0.15, 0.2) is 0 Å². The lowest BCUT2D eigenvalue weighted by Crippen LogP contribution is -2.48. The molecule has 0 saturated carbocycles. The van der Waals surface area contributed by atoms with Crippen molar-refractivity contribution in [1.29, 1.82) is 0 Å². The van der Waals surface area contributed by atoms with Crippen LogP contribution in [-0.4, -0.2) is 28.4 Å². The second kappa shape index (κ2) is 4.57. The molecule has 0 aliphatic heterocycles. The van der Waals surface area contributed by atoms with Crippen LogP contribution in [-0.2, 0) is 9.53 Å². The van der Waals surface area contributed by atoms with Gasteiger partial charge in [0.25, 0.3) is 4.58 Å². The van der Waals surface area contributed by atoms with Crippen molar-refractivity contribution >= 4 is 21.9 Å². The van der Waals surface area contributed by atoms with E-state index in [9.17, 15) is 14.3 Å². The highest BCUT2D eigenvalue weighted by Gasteiger charge is 2.50. The van der Waals surface area contributed by atoms with E-state index in [-0.39, 0.29) is 6.61 Å². The van der Waals surface area contributed by atoms with Crippen LogP contribution < -0.4 is 0 Å². The first-order chi connectivity index (χ1) is 6.14. The molecule has 0 aromatic carbocycles. The molecule has 0 spiro atoms. The predicted molar refractivity (Wildman–Crippen MR) is 54.9 cm³/mol. The lowest BCUT2D eigenvalue weighted by atomic mass is 9.86. The Kier molecular flexibility index (Phi) is 4.52. The van der Waals surface area contributed by atoms with Gasteiger partial charge in [-0.15, -0.1) is 0 Å². The van der Waals surface area contributed by atoms with Crippen molar-refractivity contribution in [2.24, 2.45) is 5.41 Å². The van der Waals surface area contributed by atoms with E-state index in [1.807, 2.05) is 0 Å². The number of carbonyl (C=O) groups excluding carboxylic acids is 1. The Balaban J connectivity index is 4.69. The van der Waals surface area contributed by atoms with Gasteiger partial charge < -0.3 is 9.84 Å². The van der Waals surface area contributed by atoms with E-state index in [0.717, 1.165) is 0 Å². The van der Waals surface area contributed by atoms with Crippen molar-refractivity contribution < 1.29 is 19.0 Å². The zero-order valence-electron chi connectivity index (χ0n) is 8.80. The largest absolute Gasteiger partial charge is 0.463 e. The Bertz CT molecular complexity index is 211. The Hall–Kier alpha value is -0.160. The van der Waals surface area contributed by atoms with Gasteiger partial charge in [-0.1, -0.05) is 20.8 Å². The highest BCUT2D eigenvalue weighted by atomic mass is 79.9. The highest BCUT2D eigenvalue weighted by Crippen LogP contribution is 2.36. The molecule has 0 aromatic heterocycles. The monoisotopic (exact) mass is 270 g/mol. The zero-order chi connectivity index (χ0) is 11.6. The van der Waals surface area contributed by atoms with E-state index in [4.69, 9.17) is 0 Å². The topological polar surface area (TPSA) is 46.5 Å². The van der Waals surface area contributed by atoms with Crippen LogP contribution in [0.1, 0.15) is 27.7 Å². The number of rotatable bonds is 3. The lowest BCUT2D eigenvalue weighted by molar-refractivity contribution is -0.159. The number of alkyl halides is 2. The Morgan fingerprint density at radius 2 is 2.00 bits per heavy atom. The standard InChI is InChI=1S/C9H16BrFO3/c1-5-14-7(13)9(10,11)6(12)8(2,3)4/h6,12H,5H2,1-4H3. The van der Waals surface area contributed by atoms with Crippen molar-refractivity contribution in [3.63, 3.8) is 0 Å². The normalized spacial score (nSPS) is 18.5. The van der Waals surface area contributed by atoms with E-state index in [0.29, 0.717) is 0 Å². The minimum Gasteiger partial charge on any atom is -0.463 e.